The lowest BCUT2D eigenvalue weighted by atomic mass is 9.88. The average molecular weight is 431 g/mol. The van der Waals surface area contributed by atoms with Crippen LogP contribution in [-0.4, -0.2) is 35.7 Å². The van der Waals surface area contributed by atoms with Crippen LogP contribution in [0.2, 0.25) is 0 Å². The van der Waals surface area contributed by atoms with Gasteiger partial charge in [-0.05, 0) is 42.2 Å². The van der Waals surface area contributed by atoms with Crippen LogP contribution in [-0.2, 0) is 6.42 Å². The number of aliphatic hydroxyl groups excluding tert-OH is 1. The molecule has 27 heavy (non-hydrogen) atoms. The summed E-state index contributed by atoms with van der Waals surface area (Å²) in [7, 11) is 0. The minimum absolute atomic E-state index is 0.0309. The van der Waals surface area contributed by atoms with Crippen LogP contribution in [0.1, 0.15) is 30.1 Å². The molecule has 2 atom stereocenters. The molecule has 2 amide bonds. The number of hydrogen-bond acceptors (Lipinski definition) is 3. The summed E-state index contributed by atoms with van der Waals surface area (Å²) in [5, 5.41) is 13.8. The number of ether oxygens (including phenoxy) is 1. The number of carbonyl (C=O) groups is 1. The van der Waals surface area contributed by atoms with E-state index in [1.165, 1.54) is 0 Å². The first-order valence-corrected chi connectivity index (χ1v) is 10.2. The molecule has 0 saturated carbocycles. The maximum Gasteiger partial charge on any atom is 0.321 e. The summed E-state index contributed by atoms with van der Waals surface area (Å²) in [5.74, 6) is 0.817. The second-order valence-electron chi connectivity index (χ2n) is 7.17. The molecule has 2 aromatic carbocycles. The van der Waals surface area contributed by atoms with Crippen LogP contribution in [0, 0.1) is 5.92 Å². The highest BCUT2D eigenvalue weighted by molar-refractivity contribution is 9.10. The normalized spacial score (nSPS) is 19.9. The van der Waals surface area contributed by atoms with E-state index >= 15 is 0 Å². The van der Waals surface area contributed by atoms with E-state index in [9.17, 15) is 9.90 Å². The molecule has 1 fully saturated rings. The number of aliphatic hydroxyl groups is 1. The number of rotatable bonds is 3. The van der Waals surface area contributed by atoms with E-state index in [1.807, 2.05) is 42.5 Å². The second-order valence-corrected chi connectivity index (χ2v) is 8.08. The predicted octanol–water partition coefficient (Wildman–Crippen LogP) is 4.36. The first kappa shape index (κ1) is 18.3. The summed E-state index contributed by atoms with van der Waals surface area (Å²) in [6.45, 7) is 1.90. The zero-order valence-electron chi connectivity index (χ0n) is 15.0. The van der Waals surface area contributed by atoms with Gasteiger partial charge < -0.3 is 20.1 Å². The number of fused-ring (bicyclic) bond motifs is 1. The SMILES string of the molecule is O=C(Nc1cccc2c1OCC2)N1CCCC(C(O)c2ccc(Br)cc2)C1. The molecule has 2 N–H and O–H groups in total. The predicted molar refractivity (Wildman–Crippen MR) is 108 cm³/mol. The number of halogens is 1. The molecular weight excluding hydrogens is 408 g/mol. The van der Waals surface area contributed by atoms with Crippen molar-refractivity contribution in [1.29, 1.82) is 0 Å². The number of amides is 2. The minimum Gasteiger partial charge on any atom is -0.491 e. The molecule has 2 aliphatic heterocycles. The summed E-state index contributed by atoms with van der Waals surface area (Å²) < 4.78 is 6.65. The molecule has 6 heteroatoms. The van der Waals surface area contributed by atoms with Gasteiger partial charge in [0.25, 0.3) is 0 Å². The summed E-state index contributed by atoms with van der Waals surface area (Å²) in [4.78, 5) is 14.6. The fourth-order valence-corrected chi connectivity index (χ4v) is 4.16. The van der Waals surface area contributed by atoms with E-state index < -0.39 is 6.10 Å². The largest absolute Gasteiger partial charge is 0.491 e. The Morgan fingerprint density at radius 1 is 1.26 bits per heavy atom. The van der Waals surface area contributed by atoms with Crippen LogP contribution >= 0.6 is 15.9 Å². The molecule has 0 aliphatic carbocycles. The number of hydrogen-bond donors (Lipinski definition) is 2. The van der Waals surface area contributed by atoms with Gasteiger partial charge in [0.2, 0.25) is 0 Å². The zero-order valence-corrected chi connectivity index (χ0v) is 16.6. The fraction of sp³-hybridized carbons (Fsp3) is 0.381. The smallest absolute Gasteiger partial charge is 0.321 e. The van der Waals surface area contributed by atoms with Gasteiger partial charge >= 0.3 is 6.03 Å². The van der Waals surface area contributed by atoms with Crippen molar-refractivity contribution in [3.63, 3.8) is 0 Å². The van der Waals surface area contributed by atoms with Crippen molar-refractivity contribution in [2.45, 2.75) is 25.4 Å². The number of likely N-dealkylation sites (tertiary alicyclic amines) is 1. The minimum atomic E-state index is -0.571. The van der Waals surface area contributed by atoms with Crippen molar-refractivity contribution < 1.29 is 14.6 Å². The Bertz CT molecular complexity index is 825. The lowest BCUT2D eigenvalue weighted by Crippen LogP contribution is -2.43. The molecule has 1 saturated heterocycles. The van der Waals surface area contributed by atoms with Crippen molar-refractivity contribution in [3.05, 3.63) is 58.1 Å². The summed E-state index contributed by atoms with van der Waals surface area (Å²) in [6, 6.07) is 13.4. The van der Waals surface area contributed by atoms with E-state index in [0.717, 1.165) is 46.3 Å². The maximum atomic E-state index is 12.8. The maximum absolute atomic E-state index is 12.8. The lowest BCUT2D eigenvalue weighted by Gasteiger charge is -2.35. The molecule has 4 rings (SSSR count). The third-order valence-electron chi connectivity index (χ3n) is 5.36. The Hall–Kier alpha value is -2.05. The Morgan fingerprint density at radius 3 is 2.89 bits per heavy atom. The van der Waals surface area contributed by atoms with E-state index in [1.54, 1.807) is 4.90 Å². The van der Waals surface area contributed by atoms with Crippen LogP contribution in [0.5, 0.6) is 5.75 Å². The molecule has 2 aromatic rings. The molecule has 2 unspecified atom stereocenters. The topological polar surface area (TPSA) is 61.8 Å². The molecule has 2 heterocycles. The number of para-hydroxylation sites is 1. The number of anilines is 1. The van der Waals surface area contributed by atoms with Crippen LogP contribution in [0.15, 0.2) is 46.9 Å². The average Bonchev–Trinajstić information content (AvgIpc) is 3.18. The first-order valence-electron chi connectivity index (χ1n) is 9.36. The van der Waals surface area contributed by atoms with Gasteiger partial charge in [-0.2, -0.15) is 0 Å². The second kappa shape index (κ2) is 7.90. The quantitative estimate of drug-likeness (QED) is 0.759. The molecule has 2 aliphatic rings. The standard InChI is InChI=1S/C21H23BrN2O3/c22-17-8-6-14(7-9-17)19(25)16-4-2-11-24(13-16)21(26)23-18-5-1-3-15-10-12-27-20(15)18/h1,3,5-9,16,19,25H,2,4,10-13H2,(H,23,26). The van der Waals surface area contributed by atoms with Gasteiger partial charge in [0.05, 0.1) is 18.4 Å². The first-order chi connectivity index (χ1) is 13.1. The van der Waals surface area contributed by atoms with Crippen molar-refractivity contribution in [2.75, 3.05) is 25.0 Å². The van der Waals surface area contributed by atoms with Crippen molar-refractivity contribution >= 4 is 27.6 Å². The van der Waals surface area contributed by atoms with Gasteiger partial charge in [0.15, 0.2) is 0 Å². The van der Waals surface area contributed by atoms with Gasteiger partial charge in [-0.15, -0.1) is 0 Å². The Labute approximate surface area is 167 Å². The van der Waals surface area contributed by atoms with Crippen molar-refractivity contribution in [2.24, 2.45) is 5.92 Å². The summed E-state index contributed by atoms with van der Waals surface area (Å²) in [6.07, 6.45) is 2.10. The number of carbonyl (C=O) groups excluding carboxylic acids is 1. The molecule has 0 bridgehead atoms. The van der Waals surface area contributed by atoms with Crippen LogP contribution in [0.25, 0.3) is 0 Å². The highest BCUT2D eigenvalue weighted by Crippen LogP contribution is 2.34. The van der Waals surface area contributed by atoms with E-state index in [-0.39, 0.29) is 11.9 Å². The fourth-order valence-electron chi connectivity index (χ4n) is 3.89. The van der Waals surface area contributed by atoms with Gasteiger partial charge in [-0.25, -0.2) is 4.79 Å². The van der Waals surface area contributed by atoms with E-state index in [4.69, 9.17) is 4.74 Å². The zero-order chi connectivity index (χ0) is 18.8. The lowest BCUT2D eigenvalue weighted by molar-refractivity contribution is 0.0632. The Morgan fingerprint density at radius 2 is 2.07 bits per heavy atom. The van der Waals surface area contributed by atoms with Gasteiger partial charge in [0, 0.05) is 29.9 Å². The third-order valence-corrected chi connectivity index (χ3v) is 5.89. The van der Waals surface area contributed by atoms with Crippen molar-refractivity contribution in [1.82, 2.24) is 4.90 Å². The van der Waals surface area contributed by atoms with Crippen LogP contribution < -0.4 is 10.1 Å². The number of benzene rings is 2. The van der Waals surface area contributed by atoms with Crippen LogP contribution in [0.3, 0.4) is 0 Å². The number of nitrogens with zero attached hydrogens (tertiary/aromatic N) is 1. The van der Waals surface area contributed by atoms with Gasteiger partial charge in [-0.1, -0.05) is 40.2 Å². The van der Waals surface area contributed by atoms with Crippen LogP contribution in [0.4, 0.5) is 10.5 Å². The Kier molecular flexibility index (Phi) is 5.36. The molecule has 142 valence electrons. The monoisotopic (exact) mass is 430 g/mol. The highest BCUT2D eigenvalue weighted by Gasteiger charge is 2.30. The number of nitrogens with one attached hydrogen (secondary N) is 1. The molecule has 5 nitrogen and oxygen atoms in total. The molecule has 0 radical (unpaired) electrons. The summed E-state index contributed by atoms with van der Waals surface area (Å²) in [5.41, 5.74) is 2.75. The van der Waals surface area contributed by atoms with Gasteiger partial charge in [-0.3, -0.25) is 0 Å². The number of urea groups is 1. The Balaban J connectivity index is 1.43. The van der Waals surface area contributed by atoms with E-state index in [2.05, 4.69) is 21.2 Å². The van der Waals surface area contributed by atoms with Gasteiger partial charge in [0.1, 0.15) is 5.75 Å². The highest BCUT2D eigenvalue weighted by atomic mass is 79.9. The molecule has 0 spiro atoms. The summed E-state index contributed by atoms with van der Waals surface area (Å²) >= 11 is 3.42. The van der Waals surface area contributed by atoms with Crippen molar-refractivity contribution in [3.8, 4) is 5.75 Å². The number of piperidine rings is 1. The third kappa shape index (κ3) is 3.96. The van der Waals surface area contributed by atoms with E-state index in [0.29, 0.717) is 19.7 Å². The molecule has 0 aromatic heterocycles. The molecular formula is C21H23BrN2O3.